The lowest BCUT2D eigenvalue weighted by atomic mass is 9.89. The number of likely N-dealkylation sites (N-methyl/N-ethyl adjacent to an activating group) is 1. The zero-order valence-electron chi connectivity index (χ0n) is 10.8. The fourth-order valence-electron chi connectivity index (χ4n) is 2.29. The summed E-state index contributed by atoms with van der Waals surface area (Å²) in [5, 5.41) is 3.38. The molecule has 1 aromatic rings. The van der Waals surface area contributed by atoms with Gasteiger partial charge in [-0.2, -0.15) is 0 Å². The maximum atomic E-state index is 13.0. The Morgan fingerprint density at radius 3 is 2.41 bits per heavy atom. The van der Waals surface area contributed by atoms with Crippen molar-refractivity contribution in [2.24, 2.45) is 5.92 Å². The van der Waals surface area contributed by atoms with Gasteiger partial charge in [0.1, 0.15) is 5.82 Å². The van der Waals surface area contributed by atoms with Gasteiger partial charge >= 0.3 is 0 Å². The summed E-state index contributed by atoms with van der Waals surface area (Å²) < 4.78 is 13.9. The smallest absolute Gasteiger partial charge is 0.124 e. The Morgan fingerprint density at radius 2 is 1.94 bits per heavy atom. The van der Waals surface area contributed by atoms with Gasteiger partial charge in [0, 0.05) is 10.5 Å². The summed E-state index contributed by atoms with van der Waals surface area (Å²) in [4.78, 5) is 0. The van der Waals surface area contributed by atoms with Crippen LogP contribution < -0.4 is 5.32 Å². The molecule has 0 spiro atoms. The van der Waals surface area contributed by atoms with Crippen molar-refractivity contribution in [1.82, 2.24) is 5.32 Å². The van der Waals surface area contributed by atoms with Crippen LogP contribution in [0.15, 0.2) is 22.7 Å². The number of benzene rings is 1. The van der Waals surface area contributed by atoms with Crippen molar-refractivity contribution in [3.05, 3.63) is 34.1 Å². The first kappa shape index (κ1) is 14.7. The predicted molar refractivity (Wildman–Crippen MR) is 74.7 cm³/mol. The van der Waals surface area contributed by atoms with Crippen LogP contribution in [0.4, 0.5) is 4.39 Å². The first-order chi connectivity index (χ1) is 8.12. The van der Waals surface area contributed by atoms with Gasteiger partial charge < -0.3 is 5.32 Å². The van der Waals surface area contributed by atoms with Gasteiger partial charge in [-0.3, -0.25) is 0 Å². The van der Waals surface area contributed by atoms with Gasteiger partial charge in [-0.1, -0.05) is 48.7 Å². The monoisotopic (exact) mass is 301 g/mol. The molecule has 0 aliphatic carbocycles. The Kier molecular flexibility index (Phi) is 6.14. The second-order valence-electron chi connectivity index (χ2n) is 4.41. The first-order valence-corrected chi connectivity index (χ1v) is 7.02. The number of hydrogen-bond donors (Lipinski definition) is 1. The van der Waals surface area contributed by atoms with Gasteiger partial charge in [0.15, 0.2) is 0 Å². The summed E-state index contributed by atoms with van der Waals surface area (Å²) in [6.07, 6.45) is 3.27. The lowest BCUT2D eigenvalue weighted by Gasteiger charge is -2.25. The summed E-state index contributed by atoms with van der Waals surface area (Å²) in [5.74, 6) is 0.473. The highest BCUT2D eigenvalue weighted by atomic mass is 79.9. The Morgan fingerprint density at radius 1 is 1.29 bits per heavy atom. The van der Waals surface area contributed by atoms with Gasteiger partial charge in [-0.15, -0.1) is 0 Å². The van der Waals surface area contributed by atoms with E-state index in [-0.39, 0.29) is 5.82 Å². The van der Waals surface area contributed by atoms with Crippen LogP contribution in [-0.4, -0.2) is 13.1 Å². The van der Waals surface area contributed by atoms with Crippen LogP contribution in [0.2, 0.25) is 0 Å². The third-order valence-electron chi connectivity index (χ3n) is 3.44. The number of halogens is 2. The van der Waals surface area contributed by atoms with Crippen LogP contribution in [0.1, 0.15) is 32.3 Å². The van der Waals surface area contributed by atoms with E-state index in [0.717, 1.165) is 16.5 Å². The molecule has 0 heterocycles. The lowest BCUT2D eigenvalue weighted by Crippen LogP contribution is -2.35. The molecular weight excluding hydrogens is 281 g/mol. The zero-order valence-corrected chi connectivity index (χ0v) is 12.3. The molecule has 17 heavy (non-hydrogen) atoms. The summed E-state index contributed by atoms with van der Waals surface area (Å²) in [6, 6.07) is 5.38. The van der Waals surface area contributed by atoms with Crippen LogP contribution in [-0.2, 0) is 6.42 Å². The molecule has 0 aromatic heterocycles. The summed E-state index contributed by atoms with van der Waals surface area (Å²) in [7, 11) is 2.00. The van der Waals surface area contributed by atoms with E-state index in [9.17, 15) is 4.39 Å². The fourth-order valence-corrected chi connectivity index (χ4v) is 2.80. The minimum Gasteiger partial charge on any atom is -0.316 e. The molecule has 1 rings (SSSR count). The molecule has 0 amide bonds. The van der Waals surface area contributed by atoms with E-state index < -0.39 is 0 Å². The predicted octanol–water partition coefficient (Wildman–Crippen LogP) is 4.15. The first-order valence-electron chi connectivity index (χ1n) is 6.23. The van der Waals surface area contributed by atoms with E-state index in [1.165, 1.54) is 25.0 Å². The molecule has 0 bridgehead atoms. The standard InChI is InChI=1S/C14H21BrFN/c1-4-10(5-2)14(17-3)8-11-6-7-12(16)9-13(11)15/h6-7,9-10,14,17H,4-5,8H2,1-3H3. The second-order valence-corrected chi connectivity index (χ2v) is 5.27. The summed E-state index contributed by atoms with van der Waals surface area (Å²) in [5.41, 5.74) is 1.16. The molecule has 0 radical (unpaired) electrons. The molecule has 1 unspecified atom stereocenters. The van der Waals surface area contributed by atoms with E-state index in [1.807, 2.05) is 13.1 Å². The normalized spacial score (nSPS) is 13.1. The Hall–Kier alpha value is -0.410. The third kappa shape index (κ3) is 4.07. The Balaban J connectivity index is 2.80. The molecule has 1 N–H and O–H groups in total. The highest BCUT2D eigenvalue weighted by molar-refractivity contribution is 9.10. The van der Waals surface area contributed by atoms with Crippen LogP contribution >= 0.6 is 15.9 Å². The minimum atomic E-state index is -0.191. The molecule has 1 aromatic carbocycles. The minimum absolute atomic E-state index is 0.191. The van der Waals surface area contributed by atoms with Gasteiger partial charge in [-0.25, -0.2) is 4.39 Å². The van der Waals surface area contributed by atoms with Gasteiger partial charge in [0.2, 0.25) is 0 Å². The van der Waals surface area contributed by atoms with Crippen molar-refractivity contribution in [3.63, 3.8) is 0 Å². The molecule has 1 atom stereocenters. The van der Waals surface area contributed by atoms with Gasteiger partial charge in [0.05, 0.1) is 0 Å². The molecule has 0 aliphatic rings. The summed E-state index contributed by atoms with van der Waals surface area (Å²) >= 11 is 3.43. The molecular formula is C14H21BrFN. The van der Waals surface area contributed by atoms with Crippen molar-refractivity contribution in [1.29, 1.82) is 0 Å². The average Bonchev–Trinajstić information content (AvgIpc) is 2.32. The average molecular weight is 302 g/mol. The fraction of sp³-hybridized carbons (Fsp3) is 0.571. The second kappa shape index (κ2) is 7.12. The van der Waals surface area contributed by atoms with Crippen molar-refractivity contribution >= 4 is 15.9 Å². The van der Waals surface area contributed by atoms with Gasteiger partial charge in [-0.05, 0) is 37.1 Å². The number of hydrogen-bond acceptors (Lipinski definition) is 1. The van der Waals surface area contributed by atoms with Crippen molar-refractivity contribution in [2.45, 2.75) is 39.2 Å². The van der Waals surface area contributed by atoms with Crippen LogP contribution in [0.3, 0.4) is 0 Å². The van der Waals surface area contributed by atoms with E-state index in [2.05, 4.69) is 35.1 Å². The SMILES string of the molecule is CCC(CC)C(Cc1ccc(F)cc1Br)NC. The highest BCUT2D eigenvalue weighted by Crippen LogP contribution is 2.23. The topological polar surface area (TPSA) is 12.0 Å². The number of nitrogens with one attached hydrogen (secondary N) is 1. The third-order valence-corrected chi connectivity index (χ3v) is 4.18. The largest absolute Gasteiger partial charge is 0.316 e. The molecule has 96 valence electrons. The molecule has 0 saturated heterocycles. The van der Waals surface area contributed by atoms with Crippen molar-refractivity contribution in [3.8, 4) is 0 Å². The van der Waals surface area contributed by atoms with E-state index >= 15 is 0 Å². The molecule has 0 fully saturated rings. The van der Waals surface area contributed by atoms with Crippen LogP contribution in [0.5, 0.6) is 0 Å². The zero-order chi connectivity index (χ0) is 12.8. The highest BCUT2D eigenvalue weighted by Gasteiger charge is 2.18. The molecule has 3 heteroatoms. The van der Waals surface area contributed by atoms with E-state index in [4.69, 9.17) is 0 Å². The Bertz CT molecular complexity index is 350. The maximum Gasteiger partial charge on any atom is 0.124 e. The van der Waals surface area contributed by atoms with Gasteiger partial charge in [0.25, 0.3) is 0 Å². The molecule has 1 nitrogen and oxygen atoms in total. The van der Waals surface area contributed by atoms with Crippen LogP contribution in [0, 0.1) is 11.7 Å². The van der Waals surface area contributed by atoms with Crippen molar-refractivity contribution < 1.29 is 4.39 Å². The summed E-state index contributed by atoms with van der Waals surface area (Å²) in [6.45, 7) is 4.44. The molecule has 0 saturated carbocycles. The maximum absolute atomic E-state index is 13.0. The van der Waals surface area contributed by atoms with Crippen molar-refractivity contribution in [2.75, 3.05) is 7.05 Å². The van der Waals surface area contributed by atoms with Crippen LogP contribution in [0.25, 0.3) is 0 Å². The van der Waals surface area contributed by atoms with E-state index in [0.29, 0.717) is 12.0 Å². The quantitative estimate of drug-likeness (QED) is 0.832. The van der Waals surface area contributed by atoms with E-state index in [1.54, 1.807) is 0 Å². The number of rotatable bonds is 6. The Labute approximate surface area is 112 Å². The molecule has 0 aliphatic heterocycles. The lowest BCUT2D eigenvalue weighted by molar-refractivity contribution is 0.348.